The molecule has 346 valence electrons. The molecule has 2 saturated heterocycles. The van der Waals surface area contributed by atoms with E-state index in [1.54, 1.807) is 12.1 Å². The largest absolute Gasteiger partial charge is 0.478 e. The van der Waals surface area contributed by atoms with Crippen molar-refractivity contribution >= 4 is 36.7 Å². The minimum absolute atomic E-state index is 0.0178. The molecule has 3 aliphatic carbocycles. The molecular weight excluding hydrogens is 803 g/mol. The van der Waals surface area contributed by atoms with Gasteiger partial charge in [-0.2, -0.15) is 0 Å². The summed E-state index contributed by atoms with van der Waals surface area (Å²) in [5.41, 5.74) is 8.63. The second-order valence-corrected chi connectivity index (χ2v) is 18.0. The Bertz CT molecular complexity index is 1810. The lowest BCUT2D eigenvalue weighted by Crippen LogP contribution is -2.65. The molecule has 7 N–H and O–H groups in total. The van der Waals surface area contributed by atoms with Crippen molar-refractivity contribution in [3.05, 3.63) is 59.7 Å². The topological polar surface area (TPSA) is 208 Å². The van der Waals surface area contributed by atoms with Gasteiger partial charge in [-0.15, -0.1) is 0 Å². The molecule has 5 aliphatic rings. The highest BCUT2D eigenvalue weighted by molar-refractivity contribution is 6.46. The summed E-state index contributed by atoms with van der Waals surface area (Å²) in [4.78, 5) is 65.5. The maximum atomic E-state index is 13.4. The molecule has 2 aromatic carbocycles. The summed E-state index contributed by atoms with van der Waals surface area (Å²) < 4.78 is 24.1. The van der Waals surface area contributed by atoms with Crippen LogP contribution in [-0.4, -0.2) is 113 Å². The van der Waals surface area contributed by atoms with E-state index in [1.807, 2.05) is 12.1 Å². The van der Waals surface area contributed by atoms with Gasteiger partial charge in [-0.25, -0.2) is 0 Å². The van der Waals surface area contributed by atoms with Crippen LogP contribution in [0, 0.1) is 17.3 Å². The van der Waals surface area contributed by atoms with E-state index in [9.17, 15) is 24.0 Å². The van der Waals surface area contributed by atoms with Crippen molar-refractivity contribution in [2.24, 2.45) is 23.0 Å². The summed E-state index contributed by atoms with van der Waals surface area (Å²) in [6.07, 6.45) is 9.42. The highest BCUT2D eigenvalue weighted by Gasteiger charge is 2.67. The number of nitrogens with one attached hydrogen (secondary N) is 5. The molecule has 6 atom stereocenters. The zero-order chi connectivity index (χ0) is 45.4. The first kappa shape index (κ1) is 49.7. The first-order valence-electron chi connectivity index (χ1n) is 23.1. The molecule has 0 spiro atoms. The molecule has 2 heterocycles. The van der Waals surface area contributed by atoms with Crippen molar-refractivity contribution in [3.63, 3.8) is 0 Å². The summed E-state index contributed by atoms with van der Waals surface area (Å²) in [6.45, 7) is 11.8. The van der Waals surface area contributed by atoms with Gasteiger partial charge in [0.2, 0.25) is 23.6 Å². The first-order chi connectivity index (χ1) is 30.3. The van der Waals surface area contributed by atoms with Crippen LogP contribution in [0.25, 0.3) is 11.1 Å². The zero-order valence-electron chi connectivity index (χ0n) is 38.1. The van der Waals surface area contributed by atoms with Crippen LogP contribution < -0.4 is 32.3 Å². The minimum Gasteiger partial charge on any atom is -0.404 e. The van der Waals surface area contributed by atoms with Crippen LogP contribution in [0.2, 0.25) is 0 Å². The predicted molar refractivity (Wildman–Crippen MR) is 242 cm³/mol. The number of carbonyl (C=O) groups excluding carboxylic acids is 5. The number of unbranched alkanes of at least 4 members (excludes halogenated alkanes) is 2. The monoisotopic (exact) mass is 875 g/mol. The molecule has 0 radical (unpaired) electrons. The number of hydrogen-bond acceptors (Lipinski definition) is 10. The van der Waals surface area contributed by atoms with E-state index >= 15 is 0 Å². The second kappa shape index (κ2) is 24.1. The highest BCUT2D eigenvalue weighted by atomic mass is 16.7. The minimum atomic E-state index is -1.14. The van der Waals surface area contributed by atoms with Crippen LogP contribution in [0.5, 0.6) is 0 Å². The van der Waals surface area contributed by atoms with Crippen LogP contribution in [0.1, 0.15) is 108 Å². The van der Waals surface area contributed by atoms with Crippen LogP contribution in [0.15, 0.2) is 48.5 Å². The standard InChI is InChI=1S/C43H60BN5O9.C4H11N/c1-5-6-9-28-10-12-29(13-11-28)30-14-16-31(17-15-30)39(52)45-24-38(51)49-34-26-56-20-8-7-19-55-21-18-33(48-37(50)25-46-41(34)54)40(53)47-27-44-57-36-23-32-22-35(42(32,2)3)43(36,4)58-44;1-2-3-4-5/h10-17,32-36H,5-9,18-27H2,1-4H3,(H,45,52)(H,46,54)(H,47,53)(H,48,50)(H,49,51);2-5H2,1H3/t32?,33?,34?,35?,36-,43+;/m1./s1. The number of benzene rings is 2. The molecule has 3 saturated carbocycles. The normalized spacial score (nSPS) is 26.1. The number of ether oxygens (including phenoxy) is 2. The smallest absolute Gasteiger partial charge is 0.404 e. The van der Waals surface area contributed by atoms with Crippen molar-refractivity contribution < 1.29 is 42.8 Å². The van der Waals surface area contributed by atoms with Crippen LogP contribution in [0.3, 0.4) is 0 Å². The lowest BCUT2D eigenvalue weighted by Gasteiger charge is -2.64. The zero-order valence-corrected chi connectivity index (χ0v) is 38.1. The van der Waals surface area contributed by atoms with Gasteiger partial charge >= 0.3 is 7.12 Å². The highest BCUT2D eigenvalue weighted by Crippen LogP contribution is 2.65. The summed E-state index contributed by atoms with van der Waals surface area (Å²) in [5, 5.41) is 13.3. The Morgan fingerprint density at radius 2 is 1.56 bits per heavy atom. The number of nitrogens with two attached hydrogens (primary N) is 1. The molecule has 0 aromatic heterocycles. The summed E-state index contributed by atoms with van der Waals surface area (Å²) in [6, 6.07) is 13.5. The van der Waals surface area contributed by atoms with Crippen molar-refractivity contribution in [1.82, 2.24) is 26.6 Å². The van der Waals surface area contributed by atoms with E-state index in [0.29, 0.717) is 43.5 Å². The van der Waals surface area contributed by atoms with E-state index in [0.717, 1.165) is 49.8 Å². The van der Waals surface area contributed by atoms with E-state index in [2.05, 4.69) is 85.5 Å². The number of aryl methyl sites for hydroxylation is 1. The second-order valence-electron chi connectivity index (χ2n) is 18.0. The van der Waals surface area contributed by atoms with Gasteiger partial charge in [0.25, 0.3) is 5.91 Å². The third-order valence-corrected chi connectivity index (χ3v) is 13.1. The lowest BCUT2D eigenvalue weighted by molar-refractivity contribution is -0.199. The van der Waals surface area contributed by atoms with Crippen molar-refractivity contribution in [3.8, 4) is 11.1 Å². The molecule has 2 aromatic rings. The Balaban J connectivity index is 0.00000141. The quantitative estimate of drug-likeness (QED) is 0.160. The van der Waals surface area contributed by atoms with Gasteiger partial charge in [-0.1, -0.05) is 76.9 Å². The summed E-state index contributed by atoms with van der Waals surface area (Å²) >= 11 is 0. The maximum absolute atomic E-state index is 13.4. The first-order valence-corrected chi connectivity index (χ1v) is 23.1. The average Bonchev–Trinajstić information content (AvgIpc) is 3.63. The van der Waals surface area contributed by atoms with Crippen LogP contribution in [0.4, 0.5) is 0 Å². The number of rotatable bonds is 13. The fraction of sp³-hybridized carbons (Fsp3) is 0.638. The fourth-order valence-corrected chi connectivity index (χ4v) is 9.02. The van der Waals surface area contributed by atoms with E-state index in [-0.39, 0.29) is 44.1 Å². The van der Waals surface area contributed by atoms with Crippen molar-refractivity contribution in [2.45, 2.75) is 123 Å². The fourth-order valence-electron chi connectivity index (χ4n) is 9.02. The summed E-state index contributed by atoms with van der Waals surface area (Å²) in [5.74, 6) is -1.70. The number of hydrogen-bond donors (Lipinski definition) is 6. The van der Waals surface area contributed by atoms with Gasteiger partial charge in [0, 0.05) is 25.4 Å². The van der Waals surface area contributed by atoms with E-state index in [4.69, 9.17) is 24.5 Å². The maximum Gasteiger partial charge on any atom is 0.478 e. The Hall–Kier alpha value is -4.35. The van der Waals surface area contributed by atoms with E-state index < -0.39 is 60.9 Å². The van der Waals surface area contributed by atoms with Crippen LogP contribution >= 0.6 is 0 Å². The predicted octanol–water partition coefficient (Wildman–Crippen LogP) is 3.86. The molecule has 63 heavy (non-hydrogen) atoms. The molecule has 16 heteroatoms. The molecule has 5 amide bonds. The van der Waals surface area contributed by atoms with Gasteiger partial charge in [0.05, 0.1) is 37.8 Å². The van der Waals surface area contributed by atoms with E-state index in [1.165, 1.54) is 18.4 Å². The molecule has 2 aliphatic heterocycles. The van der Waals surface area contributed by atoms with Crippen molar-refractivity contribution in [2.75, 3.05) is 52.5 Å². The molecule has 7 rings (SSSR count). The van der Waals surface area contributed by atoms with Crippen molar-refractivity contribution in [1.29, 1.82) is 0 Å². The lowest BCUT2D eigenvalue weighted by atomic mass is 9.43. The Morgan fingerprint density at radius 3 is 2.21 bits per heavy atom. The Kier molecular flexibility index (Phi) is 19.0. The van der Waals surface area contributed by atoms with Gasteiger partial charge < -0.3 is 51.1 Å². The summed E-state index contributed by atoms with van der Waals surface area (Å²) in [7, 11) is -0.593. The Morgan fingerprint density at radius 1 is 0.873 bits per heavy atom. The Labute approximate surface area is 373 Å². The average molecular weight is 875 g/mol. The number of amides is 5. The molecular formula is C47H71BN6O9. The molecule has 2 bridgehead atoms. The molecule has 15 nitrogen and oxygen atoms in total. The third kappa shape index (κ3) is 13.8. The molecule has 4 unspecified atom stereocenters. The van der Waals surface area contributed by atoms with Gasteiger partial charge in [0.1, 0.15) is 12.1 Å². The third-order valence-electron chi connectivity index (χ3n) is 13.1. The van der Waals surface area contributed by atoms with Crippen LogP contribution in [-0.2, 0) is 44.4 Å². The number of carbonyl (C=O) groups is 5. The SMILES string of the molecule is CCCCN.CCCCc1ccc(-c2ccc(C(=O)NCC(=O)NC3COCCCCOCCC(C(=O)NCB4O[C@@H]5CC6CC(C6(C)C)[C@]5(C)O4)NC(=O)CNC3=O)cc2)cc1. The van der Waals surface area contributed by atoms with Gasteiger partial charge in [0.15, 0.2) is 0 Å². The van der Waals surface area contributed by atoms with Gasteiger partial charge in [-0.3, -0.25) is 24.0 Å². The molecule has 5 fully saturated rings. The van der Waals surface area contributed by atoms with Gasteiger partial charge in [-0.05, 0) is 111 Å².